The van der Waals surface area contributed by atoms with Crippen LogP contribution in [0.2, 0.25) is 0 Å². The summed E-state index contributed by atoms with van der Waals surface area (Å²) >= 11 is 0. The summed E-state index contributed by atoms with van der Waals surface area (Å²) in [6.07, 6.45) is 0. The first-order valence-corrected chi connectivity index (χ1v) is 4.73. The first-order chi connectivity index (χ1) is 6.29. The van der Waals surface area contributed by atoms with E-state index >= 15 is 0 Å². The smallest absolute Gasteiger partial charge is 0.186 e. The molecule has 0 aliphatic rings. The van der Waals surface area contributed by atoms with Gasteiger partial charge in [-0.1, -0.05) is 29.8 Å². The Morgan fingerprint density at radius 3 is 2.46 bits per heavy atom. The monoisotopic (exact) mass is 184 g/mol. The van der Waals surface area contributed by atoms with Crippen molar-refractivity contribution >= 4 is 26.9 Å². The predicted octanol–water partition coefficient (Wildman–Crippen LogP) is 2.64. The zero-order chi connectivity index (χ0) is 9.26. The van der Waals surface area contributed by atoms with Gasteiger partial charge in [0.15, 0.2) is 10.4 Å². The molecule has 0 saturated heterocycles. The normalized spacial score (nSPS) is 10.3. The van der Waals surface area contributed by atoms with E-state index in [0.29, 0.717) is 0 Å². The Hall–Kier alpha value is -1.28. The standard InChI is InChI=1S/C11H10NSi/c1-8-2-3-10-7-11(12-13)5-4-9(10)6-8/h2-7,12H,1H3. The van der Waals surface area contributed by atoms with Gasteiger partial charge in [-0.25, -0.2) is 0 Å². The Bertz CT molecular complexity index is 437. The number of rotatable bonds is 1. The number of anilines is 1. The van der Waals surface area contributed by atoms with Crippen LogP contribution >= 0.6 is 0 Å². The Morgan fingerprint density at radius 2 is 1.69 bits per heavy atom. The van der Waals surface area contributed by atoms with E-state index in [0.717, 1.165) is 5.69 Å². The van der Waals surface area contributed by atoms with Crippen molar-refractivity contribution in [2.75, 3.05) is 4.98 Å². The average Bonchev–Trinajstić information content (AvgIpc) is 2.17. The van der Waals surface area contributed by atoms with Gasteiger partial charge in [-0.2, -0.15) is 0 Å². The third kappa shape index (κ3) is 1.58. The number of benzene rings is 2. The Kier molecular flexibility index (Phi) is 2.06. The molecule has 2 heteroatoms. The third-order valence-corrected chi connectivity index (χ3v) is 2.43. The van der Waals surface area contributed by atoms with E-state index in [1.54, 1.807) is 0 Å². The van der Waals surface area contributed by atoms with Crippen molar-refractivity contribution in [1.29, 1.82) is 0 Å². The first kappa shape index (κ1) is 8.32. The average molecular weight is 184 g/mol. The summed E-state index contributed by atoms with van der Waals surface area (Å²) in [5.74, 6) is 0. The number of aryl methyl sites for hydroxylation is 1. The molecule has 13 heavy (non-hydrogen) atoms. The Morgan fingerprint density at radius 1 is 1.00 bits per heavy atom. The minimum Gasteiger partial charge on any atom is -0.413 e. The van der Waals surface area contributed by atoms with Crippen molar-refractivity contribution in [3.8, 4) is 0 Å². The van der Waals surface area contributed by atoms with Crippen molar-refractivity contribution in [2.24, 2.45) is 0 Å². The molecule has 0 atom stereocenters. The molecule has 63 valence electrons. The fourth-order valence-electron chi connectivity index (χ4n) is 1.44. The molecule has 0 spiro atoms. The van der Waals surface area contributed by atoms with Crippen molar-refractivity contribution in [2.45, 2.75) is 6.92 Å². The minimum atomic E-state index is 1.08. The van der Waals surface area contributed by atoms with Gasteiger partial charge >= 0.3 is 0 Å². The molecule has 0 heterocycles. The second kappa shape index (κ2) is 3.22. The van der Waals surface area contributed by atoms with E-state index in [-0.39, 0.29) is 0 Å². The van der Waals surface area contributed by atoms with Crippen LogP contribution in [0.3, 0.4) is 0 Å². The van der Waals surface area contributed by atoms with Crippen LogP contribution in [-0.2, 0) is 0 Å². The lowest BCUT2D eigenvalue weighted by atomic mass is 10.1. The molecule has 1 N–H and O–H groups in total. The predicted molar refractivity (Wildman–Crippen MR) is 58.1 cm³/mol. The maximum absolute atomic E-state index is 3.25. The highest BCUT2D eigenvalue weighted by atomic mass is 28.2. The van der Waals surface area contributed by atoms with Gasteiger partial charge < -0.3 is 4.98 Å². The lowest BCUT2D eigenvalue weighted by molar-refractivity contribution is 1.51. The number of nitrogens with one attached hydrogen (secondary N) is 1. The first-order valence-electron chi connectivity index (χ1n) is 4.23. The summed E-state index contributed by atoms with van der Waals surface area (Å²) in [4.78, 5) is 2.94. The van der Waals surface area contributed by atoms with Gasteiger partial charge in [-0.15, -0.1) is 0 Å². The Labute approximate surface area is 81.3 Å². The minimum absolute atomic E-state index is 1.08. The molecule has 0 aliphatic heterocycles. The second-order valence-electron chi connectivity index (χ2n) is 3.19. The zero-order valence-electron chi connectivity index (χ0n) is 7.46. The van der Waals surface area contributed by atoms with E-state index < -0.39 is 0 Å². The second-order valence-corrected chi connectivity index (χ2v) is 3.44. The molecule has 3 radical (unpaired) electrons. The fraction of sp³-hybridized carbons (Fsp3) is 0.0909. The molecule has 2 aromatic rings. The summed E-state index contributed by atoms with van der Waals surface area (Å²) in [6.45, 7) is 2.11. The maximum Gasteiger partial charge on any atom is 0.186 e. The number of hydrogen-bond donors (Lipinski definition) is 1. The highest BCUT2D eigenvalue weighted by Gasteiger charge is 1.94. The van der Waals surface area contributed by atoms with Crippen LogP contribution in [-0.4, -0.2) is 10.4 Å². The molecule has 0 bridgehead atoms. The highest BCUT2D eigenvalue weighted by molar-refractivity contribution is 6.16. The molecular weight excluding hydrogens is 174 g/mol. The molecular formula is C11H10NSi. The summed E-state index contributed by atoms with van der Waals surface area (Å²) in [7, 11) is 3.25. The van der Waals surface area contributed by atoms with Crippen molar-refractivity contribution in [3.63, 3.8) is 0 Å². The summed E-state index contributed by atoms with van der Waals surface area (Å²) in [6, 6.07) is 12.7. The van der Waals surface area contributed by atoms with Crippen LogP contribution in [0.1, 0.15) is 5.56 Å². The molecule has 0 aliphatic carbocycles. The van der Waals surface area contributed by atoms with Gasteiger partial charge in [0.25, 0.3) is 0 Å². The van der Waals surface area contributed by atoms with Gasteiger partial charge in [0.05, 0.1) is 0 Å². The fourth-order valence-corrected chi connectivity index (χ4v) is 1.60. The summed E-state index contributed by atoms with van der Waals surface area (Å²) in [5.41, 5.74) is 2.37. The van der Waals surface area contributed by atoms with Gasteiger partial charge in [0.1, 0.15) is 0 Å². The largest absolute Gasteiger partial charge is 0.413 e. The van der Waals surface area contributed by atoms with Crippen LogP contribution in [0.15, 0.2) is 36.4 Å². The molecule has 0 saturated carbocycles. The van der Waals surface area contributed by atoms with Crippen LogP contribution in [0.25, 0.3) is 10.8 Å². The lowest BCUT2D eigenvalue weighted by Gasteiger charge is -2.03. The summed E-state index contributed by atoms with van der Waals surface area (Å²) in [5, 5.41) is 2.54. The van der Waals surface area contributed by atoms with Crippen LogP contribution < -0.4 is 4.98 Å². The van der Waals surface area contributed by atoms with Crippen molar-refractivity contribution in [3.05, 3.63) is 42.0 Å². The van der Waals surface area contributed by atoms with Gasteiger partial charge in [-0.3, -0.25) is 0 Å². The maximum atomic E-state index is 3.25. The Balaban J connectivity index is 2.66. The molecule has 0 aromatic heterocycles. The topological polar surface area (TPSA) is 12.0 Å². The number of fused-ring (bicyclic) bond motifs is 1. The van der Waals surface area contributed by atoms with Gasteiger partial charge in [-0.05, 0) is 29.8 Å². The van der Waals surface area contributed by atoms with Crippen LogP contribution in [0.4, 0.5) is 5.69 Å². The molecule has 0 fully saturated rings. The van der Waals surface area contributed by atoms with Crippen molar-refractivity contribution in [1.82, 2.24) is 0 Å². The lowest BCUT2D eigenvalue weighted by Crippen LogP contribution is -1.89. The van der Waals surface area contributed by atoms with E-state index in [4.69, 9.17) is 0 Å². The molecule has 1 nitrogen and oxygen atoms in total. The SMILES string of the molecule is Cc1ccc2cc(N[Si])ccc2c1. The van der Waals surface area contributed by atoms with E-state index in [1.165, 1.54) is 16.3 Å². The third-order valence-electron chi connectivity index (χ3n) is 2.14. The van der Waals surface area contributed by atoms with Gasteiger partial charge in [0.2, 0.25) is 0 Å². The summed E-state index contributed by atoms with van der Waals surface area (Å²) < 4.78 is 0. The quantitative estimate of drug-likeness (QED) is 0.672. The van der Waals surface area contributed by atoms with Crippen LogP contribution in [0.5, 0.6) is 0 Å². The number of hydrogen-bond acceptors (Lipinski definition) is 1. The molecule has 0 amide bonds. The van der Waals surface area contributed by atoms with Gasteiger partial charge in [0, 0.05) is 5.69 Å². The molecule has 2 aromatic carbocycles. The van der Waals surface area contributed by atoms with Crippen LogP contribution in [0, 0.1) is 6.92 Å². The van der Waals surface area contributed by atoms with E-state index in [9.17, 15) is 0 Å². The van der Waals surface area contributed by atoms with E-state index in [2.05, 4.69) is 58.7 Å². The molecule has 2 rings (SSSR count). The highest BCUT2D eigenvalue weighted by Crippen LogP contribution is 2.19. The zero-order valence-corrected chi connectivity index (χ0v) is 8.46. The van der Waals surface area contributed by atoms with E-state index in [1.807, 2.05) is 0 Å². The van der Waals surface area contributed by atoms with Crippen molar-refractivity contribution < 1.29 is 0 Å². The molecule has 0 unspecified atom stereocenters.